The molecule has 1 saturated carbocycles. The number of hydrogen-bond donors (Lipinski definition) is 1. The molecule has 7 nitrogen and oxygen atoms in total. The minimum atomic E-state index is -0.0924. The van der Waals surface area contributed by atoms with Crippen molar-refractivity contribution >= 4 is 34.3 Å². The van der Waals surface area contributed by atoms with Gasteiger partial charge in [0.05, 0.1) is 10.9 Å². The zero-order chi connectivity index (χ0) is 25.9. The molecule has 4 aromatic rings. The van der Waals surface area contributed by atoms with Crippen molar-refractivity contribution in [3.8, 4) is 0 Å². The number of amides is 1. The summed E-state index contributed by atoms with van der Waals surface area (Å²) in [4.78, 5) is 26.7. The number of nitrogens with one attached hydrogen (secondary N) is 1. The van der Waals surface area contributed by atoms with Crippen LogP contribution >= 0.6 is 11.8 Å². The van der Waals surface area contributed by atoms with Gasteiger partial charge in [-0.2, -0.15) is 0 Å². The first kappa shape index (κ1) is 25.5. The second kappa shape index (κ2) is 11.1. The third kappa shape index (κ3) is 5.44. The number of aromatic nitrogens is 4. The minimum absolute atomic E-state index is 0.0897. The third-order valence-corrected chi connectivity index (χ3v) is 8.30. The van der Waals surface area contributed by atoms with Crippen LogP contribution in [0, 0.1) is 12.8 Å². The van der Waals surface area contributed by atoms with Crippen molar-refractivity contribution in [1.29, 1.82) is 0 Å². The van der Waals surface area contributed by atoms with Crippen LogP contribution in [0.5, 0.6) is 0 Å². The van der Waals surface area contributed by atoms with E-state index in [0.29, 0.717) is 39.9 Å². The molecule has 0 bridgehead atoms. The molecule has 2 aromatic heterocycles. The molecule has 0 aliphatic heterocycles. The van der Waals surface area contributed by atoms with E-state index in [1.165, 1.54) is 17.5 Å². The first-order valence-corrected chi connectivity index (χ1v) is 14.3. The van der Waals surface area contributed by atoms with E-state index in [9.17, 15) is 9.59 Å². The molecule has 1 amide bonds. The highest BCUT2D eigenvalue weighted by atomic mass is 32.2. The lowest BCUT2D eigenvalue weighted by Gasteiger charge is -2.22. The van der Waals surface area contributed by atoms with Crippen molar-refractivity contribution in [3.63, 3.8) is 0 Å². The fourth-order valence-electron chi connectivity index (χ4n) is 5.04. The number of rotatable bonds is 8. The Morgan fingerprint density at radius 3 is 2.65 bits per heavy atom. The summed E-state index contributed by atoms with van der Waals surface area (Å²) in [5.74, 6) is 1.62. The molecule has 37 heavy (non-hydrogen) atoms. The summed E-state index contributed by atoms with van der Waals surface area (Å²) < 4.78 is 3.69. The largest absolute Gasteiger partial charge is 0.349 e. The Labute approximate surface area is 221 Å². The monoisotopic (exact) mass is 517 g/mol. The molecule has 5 rings (SSSR count). The van der Waals surface area contributed by atoms with Crippen molar-refractivity contribution in [2.45, 2.75) is 82.8 Å². The summed E-state index contributed by atoms with van der Waals surface area (Å²) in [6, 6.07) is 13.9. The van der Waals surface area contributed by atoms with E-state index in [0.717, 1.165) is 37.9 Å². The average Bonchev–Trinajstić information content (AvgIpc) is 3.32. The highest BCUT2D eigenvalue weighted by molar-refractivity contribution is 7.98. The molecule has 1 fully saturated rings. The molecule has 0 atom stereocenters. The number of nitrogens with zero attached hydrogens (tertiary/aromatic N) is 4. The van der Waals surface area contributed by atoms with Crippen molar-refractivity contribution in [3.05, 3.63) is 69.5 Å². The topological polar surface area (TPSA) is 81.3 Å². The smallest absolute Gasteiger partial charge is 0.262 e. The fourth-order valence-corrected chi connectivity index (χ4v) is 6.05. The lowest BCUT2D eigenvalue weighted by atomic mass is 9.95. The number of aryl methyl sites for hydroxylation is 2. The minimum Gasteiger partial charge on any atom is -0.349 e. The van der Waals surface area contributed by atoms with Crippen LogP contribution in [0.25, 0.3) is 16.7 Å². The summed E-state index contributed by atoms with van der Waals surface area (Å²) in [5, 5.41) is 13.5. The Kier molecular flexibility index (Phi) is 7.65. The number of carbonyl (C=O) groups is 1. The number of benzene rings is 2. The summed E-state index contributed by atoms with van der Waals surface area (Å²) in [5.41, 5.74) is 3.60. The predicted molar refractivity (Wildman–Crippen MR) is 149 cm³/mol. The summed E-state index contributed by atoms with van der Waals surface area (Å²) in [6.45, 7) is 6.97. The molecule has 0 spiro atoms. The van der Waals surface area contributed by atoms with Gasteiger partial charge in [0.2, 0.25) is 5.78 Å². The van der Waals surface area contributed by atoms with E-state index in [2.05, 4.69) is 48.4 Å². The SMILES string of the molecule is Cc1ccccc1CSc1nnc2n(CCC(C)C)c(=O)c3ccc(C(=O)NC4CCCCC4)cc3n12. The van der Waals surface area contributed by atoms with Gasteiger partial charge in [0.1, 0.15) is 0 Å². The van der Waals surface area contributed by atoms with E-state index in [1.54, 1.807) is 28.5 Å². The Hall–Kier alpha value is -3.13. The van der Waals surface area contributed by atoms with Crippen LogP contribution in [0.3, 0.4) is 0 Å². The van der Waals surface area contributed by atoms with Crippen LogP contribution in [0.2, 0.25) is 0 Å². The number of fused-ring (bicyclic) bond motifs is 3. The predicted octanol–water partition coefficient (Wildman–Crippen LogP) is 5.75. The van der Waals surface area contributed by atoms with Gasteiger partial charge in [-0.1, -0.05) is 69.1 Å². The van der Waals surface area contributed by atoms with Gasteiger partial charge < -0.3 is 5.32 Å². The third-order valence-electron chi connectivity index (χ3n) is 7.32. The normalized spacial score (nSPS) is 14.6. The van der Waals surface area contributed by atoms with Crippen LogP contribution in [-0.4, -0.2) is 31.1 Å². The molecule has 0 saturated heterocycles. The highest BCUT2D eigenvalue weighted by Crippen LogP contribution is 2.27. The Bertz CT molecular complexity index is 1480. The van der Waals surface area contributed by atoms with E-state index in [-0.39, 0.29) is 17.5 Å². The lowest BCUT2D eigenvalue weighted by Crippen LogP contribution is -2.36. The molecular weight excluding hydrogens is 482 g/mol. The molecule has 0 unspecified atom stereocenters. The van der Waals surface area contributed by atoms with Gasteiger partial charge in [0.15, 0.2) is 5.16 Å². The molecule has 0 radical (unpaired) electrons. The van der Waals surface area contributed by atoms with Gasteiger partial charge in [0, 0.05) is 23.9 Å². The van der Waals surface area contributed by atoms with Gasteiger partial charge >= 0.3 is 0 Å². The summed E-state index contributed by atoms with van der Waals surface area (Å²) in [7, 11) is 0. The second-order valence-electron chi connectivity index (χ2n) is 10.5. The van der Waals surface area contributed by atoms with E-state index >= 15 is 0 Å². The van der Waals surface area contributed by atoms with Crippen LogP contribution in [0.4, 0.5) is 0 Å². The lowest BCUT2D eigenvalue weighted by molar-refractivity contribution is 0.0928. The molecule has 8 heteroatoms. The number of carbonyl (C=O) groups excluding carboxylic acids is 1. The summed E-state index contributed by atoms with van der Waals surface area (Å²) >= 11 is 1.59. The maximum absolute atomic E-state index is 13.6. The van der Waals surface area contributed by atoms with Crippen LogP contribution in [0.15, 0.2) is 52.4 Å². The van der Waals surface area contributed by atoms with Crippen molar-refractivity contribution in [2.75, 3.05) is 0 Å². The molecule has 1 aliphatic rings. The van der Waals surface area contributed by atoms with Crippen LogP contribution in [-0.2, 0) is 12.3 Å². The van der Waals surface area contributed by atoms with E-state index in [4.69, 9.17) is 0 Å². The first-order chi connectivity index (χ1) is 17.9. The van der Waals surface area contributed by atoms with E-state index < -0.39 is 0 Å². The van der Waals surface area contributed by atoms with Gasteiger partial charge in [-0.25, -0.2) is 0 Å². The molecule has 2 aromatic carbocycles. The van der Waals surface area contributed by atoms with Crippen molar-refractivity contribution in [2.24, 2.45) is 5.92 Å². The Balaban J connectivity index is 1.58. The van der Waals surface area contributed by atoms with E-state index in [1.807, 2.05) is 22.6 Å². The standard InChI is InChI=1S/C29H35N5O2S/c1-19(2)15-16-33-27(36)24-14-13-21(26(35)30-23-11-5-4-6-12-23)17-25(24)34-28(33)31-32-29(34)37-18-22-10-8-7-9-20(22)3/h7-10,13-14,17,19,23H,4-6,11-12,15-16,18H2,1-3H3,(H,30,35). The van der Waals surface area contributed by atoms with Crippen molar-refractivity contribution < 1.29 is 4.79 Å². The zero-order valence-corrected chi connectivity index (χ0v) is 22.7. The van der Waals surface area contributed by atoms with Crippen LogP contribution in [0.1, 0.15) is 73.9 Å². The maximum Gasteiger partial charge on any atom is 0.262 e. The van der Waals surface area contributed by atoms with Gasteiger partial charge in [-0.15, -0.1) is 10.2 Å². The average molecular weight is 518 g/mol. The Morgan fingerprint density at radius 2 is 1.89 bits per heavy atom. The summed E-state index contributed by atoms with van der Waals surface area (Å²) in [6.07, 6.45) is 6.45. The zero-order valence-electron chi connectivity index (χ0n) is 21.9. The first-order valence-electron chi connectivity index (χ1n) is 13.3. The molecule has 1 aliphatic carbocycles. The molecular formula is C29H35N5O2S. The quantitative estimate of drug-likeness (QED) is 0.301. The van der Waals surface area contributed by atoms with Crippen LogP contribution < -0.4 is 10.9 Å². The maximum atomic E-state index is 13.6. The van der Waals surface area contributed by atoms with Gasteiger partial charge in [0.25, 0.3) is 11.5 Å². The molecule has 2 heterocycles. The fraction of sp³-hybridized carbons (Fsp3) is 0.448. The molecule has 194 valence electrons. The Morgan fingerprint density at radius 1 is 1.11 bits per heavy atom. The number of hydrogen-bond acceptors (Lipinski definition) is 5. The number of thioether (sulfide) groups is 1. The van der Waals surface area contributed by atoms with Gasteiger partial charge in [-0.05, 0) is 61.4 Å². The van der Waals surface area contributed by atoms with Crippen molar-refractivity contribution in [1.82, 2.24) is 24.5 Å². The molecule has 1 N–H and O–H groups in total. The van der Waals surface area contributed by atoms with Gasteiger partial charge in [-0.3, -0.25) is 18.6 Å². The second-order valence-corrected chi connectivity index (χ2v) is 11.5. The highest BCUT2D eigenvalue weighted by Gasteiger charge is 2.21.